The SMILES string of the molecule is NS(=O)(=O)c1cc(NC(O)Cc2cc(F)c(F)cc2Cl)ccc1-n1cc(F)cn1. The number of rotatable bonds is 6. The molecule has 1 aromatic heterocycles. The zero-order valence-corrected chi connectivity index (χ0v) is 16.1. The number of sulfonamides is 1. The van der Waals surface area contributed by atoms with Crippen molar-refractivity contribution in [3.63, 3.8) is 0 Å². The minimum absolute atomic E-state index is 0.0000832. The zero-order valence-electron chi connectivity index (χ0n) is 14.5. The van der Waals surface area contributed by atoms with E-state index in [0.29, 0.717) is 0 Å². The number of primary sulfonamides is 1. The molecule has 154 valence electrons. The first kappa shape index (κ1) is 21.1. The molecule has 0 saturated heterocycles. The lowest BCUT2D eigenvalue weighted by Crippen LogP contribution is -2.22. The van der Waals surface area contributed by atoms with E-state index >= 15 is 0 Å². The lowest BCUT2D eigenvalue weighted by atomic mass is 10.1. The van der Waals surface area contributed by atoms with Gasteiger partial charge in [0.15, 0.2) is 17.5 Å². The molecular weight excluding hydrogens is 433 g/mol. The number of hydrogen-bond acceptors (Lipinski definition) is 5. The molecule has 0 fully saturated rings. The molecule has 3 rings (SSSR count). The smallest absolute Gasteiger partial charge is 0.240 e. The van der Waals surface area contributed by atoms with Crippen LogP contribution in [-0.4, -0.2) is 29.5 Å². The summed E-state index contributed by atoms with van der Waals surface area (Å²) in [6.45, 7) is 0. The predicted molar refractivity (Wildman–Crippen MR) is 99.6 cm³/mol. The van der Waals surface area contributed by atoms with Crippen LogP contribution in [0.1, 0.15) is 5.56 Å². The van der Waals surface area contributed by atoms with Crippen molar-refractivity contribution in [2.75, 3.05) is 5.32 Å². The monoisotopic (exact) mass is 446 g/mol. The van der Waals surface area contributed by atoms with Gasteiger partial charge >= 0.3 is 0 Å². The van der Waals surface area contributed by atoms with Crippen molar-refractivity contribution in [2.45, 2.75) is 17.5 Å². The van der Waals surface area contributed by atoms with Crippen LogP contribution in [0.15, 0.2) is 47.6 Å². The third kappa shape index (κ3) is 4.88. The topological polar surface area (TPSA) is 110 Å². The van der Waals surface area contributed by atoms with Gasteiger partial charge in [-0.05, 0) is 35.9 Å². The summed E-state index contributed by atoms with van der Waals surface area (Å²) in [5.74, 6) is -2.92. The Hall–Kier alpha value is -2.60. The molecule has 0 aliphatic rings. The van der Waals surface area contributed by atoms with Gasteiger partial charge in [0.2, 0.25) is 10.0 Å². The highest BCUT2D eigenvalue weighted by Gasteiger charge is 2.19. The van der Waals surface area contributed by atoms with Gasteiger partial charge in [-0.15, -0.1) is 0 Å². The fourth-order valence-corrected chi connectivity index (χ4v) is 3.60. The number of aliphatic hydroxyl groups excluding tert-OH is 1. The second-order valence-corrected chi connectivity index (χ2v) is 7.99. The molecule has 0 aliphatic heterocycles. The Bertz CT molecular complexity index is 1170. The van der Waals surface area contributed by atoms with Crippen molar-refractivity contribution in [3.8, 4) is 5.69 Å². The molecule has 0 amide bonds. The summed E-state index contributed by atoms with van der Waals surface area (Å²) in [7, 11) is -4.22. The second kappa shape index (κ2) is 8.03. The van der Waals surface area contributed by atoms with Gasteiger partial charge in [0, 0.05) is 17.1 Å². The average molecular weight is 447 g/mol. The van der Waals surface area contributed by atoms with Gasteiger partial charge in [-0.25, -0.2) is 31.4 Å². The second-order valence-electron chi connectivity index (χ2n) is 6.05. The van der Waals surface area contributed by atoms with E-state index < -0.39 is 33.7 Å². The van der Waals surface area contributed by atoms with Crippen molar-refractivity contribution in [3.05, 3.63) is 70.8 Å². The van der Waals surface area contributed by atoms with Crippen LogP contribution in [0.3, 0.4) is 0 Å². The Labute approximate surface area is 168 Å². The number of nitrogens with one attached hydrogen (secondary N) is 1. The van der Waals surface area contributed by atoms with E-state index in [-0.39, 0.29) is 33.3 Å². The summed E-state index contributed by atoms with van der Waals surface area (Å²) in [6.07, 6.45) is 0.344. The molecule has 12 heteroatoms. The van der Waals surface area contributed by atoms with E-state index in [1.807, 2.05) is 0 Å². The molecule has 0 spiro atoms. The summed E-state index contributed by atoms with van der Waals surface area (Å²) >= 11 is 5.84. The lowest BCUT2D eigenvalue weighted by molar-refractivity contribution is 0.204. The largest absolute Gasteiger partial charge is 0.373 e. The van der Waals surface area contributed by atoms with Gasteiger partial charge in [0.1, 0.15) is 11.1 Å². The Kier molecular flexibility index (Phi) is 5.85. The fourth-order valence-electron chi connectivity index (χ4n) is 2.63. The quantitative estimate of drug-likeness (QED) is 0.398. The molecule has 0 bridgehead atoms. The van der Waals surface area contributed by atoms with Crippen LogP contribution < -0.4 is 10.5 Å². The van der Waals surface area contributed by atoms with Gasteiger partial charge in [-0.1, -0.05) is 11.6 Å². The fraction of sp³-hybridized carbons (Fsp3) is 0.118. The Morgan fingerprint density at radius 2 is 1.90 bits per heavy atom. The maximum Gasteiger partial charge on any atom is 0.240 e. The third-order valence-corrected chi connectivity index (χ3v) is 5.19. The molecule has 0 radical (unpaired) electrons. The minimum atomic E-state index is -4.22. The van der Waals surface area contributed by atoms with Gasteiger partial charge in [0.25, 0.3) is 0 Å². The van der Waals surface area contributed by atoms with Crippen molar-refractivity contribution in [1.82, 2.24) is 9.78 Å². The number of aromatic nitrogens is 2. The maximum absolute atomic E-state index is 13.4. The molecular formula is C17H14ClF3N4O3S. The summed E-state index contributed by atoms with van der Waals surface area (Å²) < 4.78 is 64.6. The number of anilines is 1. The predicted octanol–water partition coefficient (Wildman–Crippen LogP) is 2.56. The molecule has 29 heavy (non-hydrogen) atoms. The van der Waals surface area contributed by atoms with E-state index in [4.69, 9.17) is 16.7 Å². The van der Waals surface area contributed by atoms with Crippen LogP contribution >= 0.6 is 11.6 Å². The van der Waals surface area contributed by atoms with Crippen molar-refractivity contribution >= 4 is 27.3 Å². The van der Waals surface area contributed by atoms with Crippen LogP contribution in [0.2, 0.25) is 5.02 Å². The first-order valence-corrected chi connectivity index (χ1v) is 9.92. The number of nitrogens with two attached hydrogens (primary N) is 1. The van der Waals surface area contributed by atoms with Crippen LogP contribution in [0, 0.1) is 17.5 Å². The number of aliphatic hydroxyl groups is 1. The van der Waals surface area contributed by atoms with E-state index in [2.05, 4.69) is 10.4 Å². The van der Waals surface area contributed by atoms with Crippen LogP contribution in [0.25, 0.3) is 5.69 Å². The van der Waals surface area contributed by atoms with Gasteiger partial charge in [-0.3, -0.25) is 0 Å². The van der Waals surface area contributed by atoms with Crippen molar-refractivity contribution < 1.29 is 26.7 Å². The third-order valence-electron chi connectivity index (χ3n) is 3.90. The minimum Gasteiger partial charge on any atom is -0.373 e. The van der Waals surface area contributed by atoms with Gasteiger partial charge < -0.3 is 10.4 Å². The summed E-state index contributed by atoms with van der Waals surface area (Å²) in [5, 5.41) is 21.6. The zero-order chi connectivity index (χ0) is 21.3. The number of benzene rings is 2. The molecule has 7 nitrogen and oxygen atoms in total. The van der Waals surface area contributed by atoms with Crippen molar-refractivity contribution in [1.29, 1.82) is 0 Å². The number of nitrogens with zero attached hydrogens (tertiary/aromatic N) is 2. The number of hydrogen-bond donors (Lipinski definition) is 3. The summed E-state index contributed by atoms with van der Waals surface area (Å²) in [4.78, 5) is -0.372. The Balaban J connectivity index is 1.87. The molecule has 1 heterocycles. The molecule has 3 aromatic rings. The molecule has 0 aliphatic carbocycles. The average Bonchev–Trinajstić information content (AvgIpc) is 3.05. The van der Waals surface area contributed by atoms with E-state index in [1.165, 1.54) is 12.1 Å². The summed E-state index contributed by atoms with van der Waals surface area (Å²) in [5.41, 5.74) is 0.289. The highest BCUT2D eigenvalue weighted by atomic mass is 35.5. The highest BCUT2D eigenvalue weighted by Crippen LogP contribution is 2.25. The van der Waals surface area contributed by atoms with E-state index in [9.17, 15) is 26.7 Å². The van der Waals surface area contributed by atoms with Crippen LogP contribution in [0.4, 0.5) is 18.9 Å². The standard InChI is InChI=1S/C17H14ClF3N4O3S/c18-12-6-14(21)13(20)3-9(12)4-17(26)24-11-1-2-15(16(5-11)29(22,27)28)25-8-10(19)7-23-25/h1-3,5-8,17,24,26H,4H2,(H2,22,27,28). The van der Waals surface area contributed by atoms with Crippen LogP contribution in [-0.2, 0) is 16.4 Å². The lowest BCUT2D eigenvalue weighted by Gasteiger charge is -2.17. The summed E-state index contributed by atoms with van der Waals surface area (Å²) in [6, 6.07) is 5.48. The molecule has 4 N–H and O–H groups in total. The molecule has 1 atom stereocenters. The Morgan fingerprint density at radius 1 is 1.21 bits per heavy atom. The molecule has 1 unspecified atom stereocenters. The normalized spacial score (nSPS) is 12.8. The van der Waals surface area contributed by atoms with Crippen molar-refractivity contribution in [2.24, 2.45) is 5.14 Å². The maximum atomic E-state index is 13.4. The Morgan fingerprint density at radius 3 is 2.52 bits per heavy atom. The molecule has 0 saturated carbocycles. The molecule has 2 aromatic carbocycles. The highest BCUT2D eigenvalue weighted by molar-refractivity contribution is 7.89. The van der Waals surface area contributed by atoms with Gasteiger partial charge in [-0.2, -0.15) is 5.10 Å². The first-order valence-electron chi connectivity index (χ1n) is 8.00. The number of halogens is 4. The van der Waals surface area contributed by atoms with E-state index in [1.54, 1.807) is 0 Å². The first-order chi connectivity index (χ1) is 13.5. The van der Waals surface area contributed by atoms with Gasteiger partial charge in [0.05, 0.1) is 18.1 Å². The van der Waals surface area contributed by atoms with E-state index in [0.717, 1.165) is 35.3 Å². The van der Waals surface area contributed by atoms with Crippen LogP contribution in [0.5, 0.6) is 0 Å².